The van der Waals surface area contributed by atoms with Crippen LogP contribution in [0.4, 0.5) is 0 Å². The topological polar surface area (TPSA) is 51.3 Å². The molecule has 5 heteroatoms. The summed E-state index contributed by atoms with van der Waals surface area (Å²) in [6, 6.07) is 45.5. The summed E-state index contributed by atoms with van der Waals surface area (Å²) in [5.41, 5.74) is 14.4. The summed E-state index contributed by atoms with van der Waals surface area (Å²) in [4.78, 5) is 17.9. The van der Waals surface area contributed by atoms with Gasteiger partial charge >= 0.3 is 5.69 Å². The second-order valence-corrected chi connectivity index (χ2v) is 13.8. The highest BCUT2D eigenvalue weighted by Gasteiger charge is 2.36. The minimum absolute atomic E-state index is 0.0246. The molecule has 2 aliphatic rings. The number of aryl methyl sites for hydroxylation is 2. The number of aliphatic imine (C=N–C) groups is 1. The molecule has 9 rings (SSSR count). The predicted octanol–water partition coefficient (Wildman–Crippen LogP) is 9.14. The molecule has 238 valence electrons. The lowest BCUT2D eigenvalue weighted by atomic mass is 9.81. The molecule has 7 aromatic rings. The number of aromatic nitrogens is 2. The van der Waals surface area contributed by atoms with Crippen LogP contribution in [0.25, 0.3) is 49.8 Å². The van der Waals surface area contributed by atoms with Crippen molar-refractivity contribution in [1.82, 2.24) is 14.5 Å². The van der Waals surface area contributed by atoms with Crippen LogP contribution in [0.15, 0.2) is 143 Å². The van der Waals surface area contributed by atoms with E-state index in [4.69, 9.17) is 4.99 Å². The summed E-state index contributed by atoms with van der Waals surface area (Å²) >= 11 is 0. The maximum Gasteiger partial charge on any atom is 0.328 e. The van der Waals surface area contributed by atoms with E-state index in [9.17, 15) is 4.79 Å². The van der Waals surface area contributed by atoms with Gasteiger partial charge in [0, 0.05) is 30.8 Å². The zero-order valence-corrected chi connectivity index (χ0v) is 28.0. The molecule has 5 nitrogen and oxygen atoms in total. The van der Waals surface area contributed by atoms with E-state index in [1.54, 1.807) is 9.13 Å². The Morgan fingerprint density at radius 2 is 1.29 bits per heavy atom. The normalized spacial score (nSPS) is 16.2. The minimum atomic E-state index is -0.237. The number of benzene rings is 6. The van der Waals surface area contributed by atoms with Crippen molar-refractivity contribution in [1.29, 1.82) is 0 Å². The molecule has 2 heterocycles. The number of allylic oxidation sites excluding steroid dienone is 1. The van der Waals surface area contributed by atoms with Gasteiger partial charge in [-0.15, -0.1) is 0 Å². The molecule has 0 saturated carbocycles. The van der Waals surface area contributed by atoms with Gasteiger partial charge < -0.3 is 5.32 Å². The second kappa shape index (κ2) is 10.8. The van der Waals surface area contributed by atoms with Gasteiger partial charge in [0.15, 0.2) is 0 Å². The number of rotatable bonds is 4. The summed E-state index contributed by atoms with van der Waals surface area (Å²) in [6.07, 6.45) is 1.95. The molecule has 0 amide bonds. The third kappa shape index (κ3) is 4.61. The summed E-state index contributed by atoms with van der Waals surface area (Å²) in [5, 5.41) is 6.28. The van der Waals surface area contributed by atoms with E-state index in [-0.39, 0.29) is 17.3 Å². The molecule has 1 aliphatic heterocycles. The first-order chi connectivity index (χ1) is 23.8. The maximum atomic E-state index is 12.6. The van der Waals surface area contributed by atoms with Gasteiger partial charge in [-0.1, -0.05) is 105 Å². The largest absolute Gasteiger partial charge is 0.360 e. The summed E-state index contributed by atoms with van der Waals surface area (Å²) in [5.74, 6) is 0. The molecule has 0 spiro atoms. The van der Waals surface area contributed by atoms with Crippen molar-refractivity contribution < 1.29 is 0 Å². The average Bonchev–Trinajstić information content (AvgIpc) is 3.50. The lowest BCUT2D eigenvalue weighted by Gasteiger charge is -2.26. The SMILES string of the molecule is Cn1c(=O)n(C)c2cc(-c3cccc(C4=CC(c5ccc6c(c5)C(C)(C)c5cc7ccccc7cc5-6)=NC(c5ccccc5)N4)c3)ccc21. The van der Waals surface area contributed by atoms with Crippen LogP contribution in [0.3, 0.4) is 0 Å². The van der Waals surface area contributed by atoms with Crippen LogP contribution >= 0.6 is 0 Å². The van der Waals surface area contributed by atoms with Crippen LogP contribution in [0, 0.1) is 0 Å². The molecule has 0 fully saturated rings. The van der Waals surface area contributed by atoms with Gasteiger partial charge in [-0.25, -0.2) is 4.79 Å². The molecule has 1 aromatic heterocycles. The molecule has 1 N–H and O–H groups in total. The number of hydrogen-bond acceptors (Lipinski definition) is 3. The standard InChI is InChI=1S/C44H36N4O/c1-44(2)36-24-33(17-19-34(36)35-22-29-13-8-9-14-30(29)23-37(35)44)39-26-38(45-42(46-39)27-11-6-5-7-12-27)32-16-10-15-28(21-32)31-18-20-40-41(25-31)48(4)43(49)47(40)3/h5-26,42,45H,1-4H3. The quantitative estimate of drug-likeness (QED) is 0.210. The summed E-state index contributed by atoms with van der Waals surface area (Å²) in [7, 11) is 3.64. The number of nitrogens with one attached hydrogen (secondary N) is 1. The van der Waals surface area contributed by atoms with Gasteiger partial charge in [-0.05, 0) is 97.8 Å². The first-order valence-corrected chi connectivity index (χ1v) is 16.8. The van der Waals surface area contributed by atoms with Gasteiger partial charge in [-0.3, -0.25) is 14.1 Å². The minimum Gasteiger partial charge on any atom is -0.360 e. The van der Waals surface area contributed by atoms with E-state index in [1.165, 1.54) is 33.0 Å². The van der Waals surface area contributed by atoms with E-state index < -0.39 is 0 Å². The van der Waals surface area contributed by atoms with E-state index in [0.29, 0.717) is 0 Å². The van der Waals surface area contributed by atoms with Crippen molar-refractivity contribution in [3.05, 3.63) is 172 Å². The Labute approximate surface area is 285 Å². The number of hydrogen-bond donors (Lipinski definition) is 1. The molecule has 0 radical (unpaired) electrons. The van der Waals surface area contributed by atoms with E-state index in [1.807, 2.05) is 26.2 Å². The molecule has 0 bridgehead atoms. The molecule has 1 atom stereocenters. The van der Waals surface area contributed by atoms with Crippen molar-refractivity contribution in [3.63, 3.8) is 0 Å². The Balaban J connectivity index is 1.14. The molecule has 1 aliphatic carbocycles. The molecule has 6 aromatic carbocycles. The van der Waals surface area contributed by atoms with Crippen molar-refractivity contribution in [2.75, 3.05) is 0 Å². The first-order valence-electron chi connectivity index (χ1n) is 16.8. The zero-order chi connectivity index (χ0) is 33.4. The predicted molar refractivity (Wildman–Crippen MR) is 202 cm³/mol. The van der Waals surface area contributed by atoms with Gasteiger partial charge in [0.1, 0.15) is 6.17 Å². The van der Waals surface area contributed by atoms with Gasteiger partial charge in [0.05, 0.1) is 16.7 Å². The van der Waals surface area contributed by atoms with Crippen LogP contribution in [0.2, 0.25) is 0 Å². The van der Waals surface area contributed by atoms with Crippen molar-refractivity contribution in [3.8, 4) is 22.3 Å². The zero-order valence-electron chi connectivity index (χ0n) is 28.0. The van der Waals surface area contributed by atoms with Crippen molar-refractivity contribution >= 4 is 33.2 Å². The maximum absolute atomic E-state index is 12.6. The lowest BCUT2D eigenvalue weighted by molar-refractivity contribution is 0.659. The van der Waals surface area contributed by atoms with E-state index >= 15 is 0 Å². The van der Waals surface area contributed by atoms with Crippen molar-refractivity contribution in [2.45, 2.75) is 25.4 Å². The second-order valence-electron chi connectivity index (χ2n) is 13.8. The fraction of sp³-hybridized carbons (Fsp3) is 0.136. The Bertz CT molecular complexity index is 2600. The Kier molecular flexibility index (Phi) is 6.44. The third-order valence-electron chi connectivity index (χ3n) is 10.6. The highest BCUT2D eigenvalue weighted by Crippen LogP contribution is 2.50. The molecule has 1 unspecified atom stereocenters. The van der Waals surface area contributed by atoms with Crippen LogP contribution in [-0.4, -0.2) is 14.8 Å². The molecule has 49 heavy (non-hydrogen) atoms. The molecular formula is C44H36N4O. The Hall–Kier alpha value is -5.94. The monoisotopic (exact) mass is 636 g/mol. The van der Waals surface area contributed by atoms with Gasteiger partial charge in [-0.2, -0.15) is 0 Å². The molecule has 0 saturated heterocycles. The third-order valence-corrected chi connectivity index (χ3v) is 10.6. The van der Waals surface area contributed by atoms with Crippen molar-refractivity contribution in [2.24, 2.45) is 19.1 Å². The van der Waals surface area contributed by atoms with E-state index in [0.717, 1.165) is 50.3 Å². The summed E-state index contributed by atoms with van der Waals surface area (Å²) < 4.78 is 3.40. The van der Waals surface area contributed by atoms with Crippen LogP contribution in [0.1, 0.15) is 47.8 Å². The highest BCUT2D eigenvalue weighted by atomic mass is 16.1. The lowest BCUT2D eigenvalue weighted by Crippen LogP contribution is -2.25. The van der Waals surface area contributed by atoms with Gasteiger partial charge in [0.25, 0.3) is 0 Å². The fourth-order valence-electron chi connectivity index (χ4n) is 7.79. The number of fused-ring (bicyclic) bond motifs is 5. The Morgan fingerprint density at radius 3 is 2.10 bits per heavy atom. The number of nitrogens with zero attached hydrogens (tertiary/aromatic N) is 3. The Morgan fingerprint density at radius 1 is 0.612 bits per heavy atom. The first kappa shape index (κ1) is 29.2. The smallest absolute Gasteiger partial charge is 0.328 e. The average molecular weight is 637 g/mol. The van der Waals surface area contributed by atoms with E-state index in [2.05, 4.69) is 141 Å². The number of imidazole rings is 1. The molecular weight excluding hydrogens is 601 g/mol. The van der Waals surface area contributed by atoms with Crippen LogP contribution in [0.5, 0.6) is 0 Å². The fourth-order valence-corrected chi connectivity index (χ4v) is 7.79. The van der Waals surface area contributed by atoms with Gasteiger partial charge in [0.2, 0.25) is 0 Å². The highest BCUT2D eigenvalue weighted by molar-refractivity contribution is 6.13. The summed E-state index contributed by atoms with van der Waals surface area (Å²) in [6.45, 7) is 4.68. The van der Waals surface area contributed by atoms with Crippen LogP contribution < -0.4 is 11.0 Å². The van der Waals surface area contributed by atoms with Crippen LogP contribution in [-0.2, 0) is 19.5 Å².